The summed E-state index contributed by atoms with van der Waals surface area (Å²) in [6.45, 7) is 3.05. The monoisotopic (exact) mass is 230 g/mol. The summed E-state index contributed by atoms with van der Waals surface area (Å²) >= 11 is 0. The van der Waals surface area contributed by atoms with Crippen molar-refractivity contribution in [3.05, 3.63) is 48.0 Å². The van der Waals surface area contributed by atoms with Crippen LogP contribution in [-0.4, -0.2) is 14.8 Å². The summed E-state index contributed by atoms with van der Waals surface area (Å²) in [6.07, 6.45) is 3.61. The summed E-state index contributed by atoms with van der Waals surface area (Å²) in [5.74, 6) is 0.871. The molecule has 0 aliphatic heterocycles. The van der Waals surface area contributed by atoms with Crippen molar-refractivity contribution in [2.75, 3.05) is 0 Å². The van der Waals surface area contributed by atoms with Gasteiger partial charge in [0.1, 0.15) is 12.2 Å². The molecule has 0 radical (unpaired) electrons. The van der Waals surface area contributed by atoms with Crippen LogP contribution in [0.5, 0.6) is 0 Å². The van der Waals surface area contributed by atoms with E-state index in [1.54, 1.807) is 6.33 Å². The number of aryl methyl sites for hydroxylation is 1. The minimum atomic E-state index is -0.0913. The first-order valence-electron chi connectivity index (χ1n) is 5.98. The van der Waals surface area contributed by atoms with Gasteiger partial charge < -0.3 is 10.3 Å². The fourth-order valence-corrected chi connectivity index (χ4v) is 1.92. The summed E-state index contributed by atoms with van der Waals surface area (Å²) in [5.41, 5.74) is 7.41. The Balaban J connectivity index is 2.09. The second kappa shape index (κ2) is 5.59. The number of hydrogen-bond acceptors (Lipinski definition) is 3. The van der Waals surface area contributed by atoms with E-state index in [0.717, 1.165) is 25.2 Å². The molecule has 1 aromatic carbocycles. The number of aromatic nitrogens is 3. The van der Waals surface area contributed by atoms with Gasteiger partial charge in [-0.3, -0.25) is 0 Å². The van der Waals surface area contributed by atoms with Crippen LogP contribution >= 0.6 is 0 Å². The van der Waals surface area contributed by atoms with Gasteiger partial charge in [0.15, 0.2) is 0 Å². The Labute approximate surface area is 101 Å². The number of hydrogen-bond donors (Lipinski definition) is 1. The topological polar surface area (TPSA) is 56.7 Å². The Kier molecular flexibility index (Phi) is 3.88. The van der Waals surface area contributed by atoms with Crippen molar-refractivity contribution in [3.63, 3.8) is 0 Å². The van der Waals surface area contributed by atoms with Gasteiger partial charge in [-0.05, 0) is 18.4 Å². The molecule has 4 heteroatoms. The van der Waals surface area contributed by atoms with Gasteiger partial charge in [-0.1, -0.05) is 37.3 Å². The number of benzene rings is 1. The SMILES string of the molecule is CCCn1cnnc1C(N)Cc1ccccc1. The Hall–Kier alpha value is -1.68. The second-order valence-electron chi connectivity index (χ2n) is 4.18. The molecule has 4 nitrogen and oxygen atoms in total. The fraction of sp³-hybridized carbons (Fsp3) is 0.385. The Morgan fingerprint density at radius 3 is 2.76 bits per heavy atom. The van der Waals surface area contributed by atoms with Crippen molar-refractivity contribution in [3.8, 4) is 0 Å². The molecule has 1 heterocycles. The van der Waals surface area contributed by atoms with Crippen LogP contribution in [0.4, 0.5) is 0 Å². The van der Waals surface area contributed by atoms with Crippen LogP contribution in [0.25, 0.3) is 0 Å². The average molecular weight is 230 g/mol. The van der Waals surface area contributed by atoms with Gasteiger partial charge >= 0.3 is 0 Å². The molecule has 0 spiro atoms. The normalized spacial score (nSPS) is 12.6. The van der Waals surface area contributed by atoms with Gasteiger partial charge in [-0.2, -0.15) is 0 Å². The first-order chi connectivity index (χ1) is 8.31. The van der Waals surface area contributed by atoms with Crippen molar-refractivity contribution in [2.24, 2.45) is 5.73 Å². The number of nitrogens with zero attached hydrogens (tertiary/aromatic N) is 3. The highest BCUT2D eigenvalue weighted by Crippen LogP contribution is 2.13. The number of nitrogens with two attached hydrogens (primary N) is 1. The molecule has 0 bridgehead atoms. The van der Waals surface area contributed by atoms with Gasteiger partial charge in [0.2, 0.25) is 0 Å². The highest BCUT2D eigenvalue weighted by molar-refractivity contribution is 5.17. The third kappa shape index (κ3) is 2.91. The van der Waals surface area contributed by atoms with Crippen LogP contribution in [0.1, 0.15) is 30.8 Å². The Bertz CT molecular complexity index is 449. The van der Waals surface area contributed by atoms with E-state index in [1.807, 2.05) is 22.8 Å². The third-order valence-electron chi connectivity index (χ3n) is 2.74. The van der Waals surface area contributed by atoms with E-state index in [0.29, 0.717) is 0 Å². The smallest absolute Gasteiger partial charge is 0.150 e. The highest BCUT2D eigenvalue weighted by atomic mass is 15.3. The van der Waals surface area contributed by atoms with Crippen molar-refractivity contribution in [1.82, 2.24) is 14.8 Å². The Morgan fingerprint density at radius 1 is 1.29 bits per heavy atom. The summed E-state index contributed by atoms with van der Waals surface area (Å²) < 4.78 is 2.04. The van der Waals surface area contributed by atoms with E-state index in [4.69, 9.17) is 5.73 Å². The predicted octanol–water partition coefficient (Wildman–Crippen LogP) is 1.93. The summed E-state index contributed by atoms with van der Waals surface area (Å²) in [4.78, 5) is 0. The molecule has 1 atom stereocenters. The molecule has 90 valence electrons. The summed E-state index contributed by atoms with van der Waals surface area (Å²) in [7, 11) is 0. The van der Waals surface area contributed by atoms with Crippen molar-refractivity contribution in [2.45, 2.75) is 32.4 Å². The minimum Gasteiger partial charge on any atom is -0.321 e. The minimum absolute atomic E-state index is 0.0913. The molecule has 0 saturated carbocycles. The van der Waals surface area contributed by atoms with Gasteiger partial charge in [0.25, 0.3) is 0 Å². The molecule has 2 rings (SSSR count). The molecule has 17 heavy (non-hydrogen) atoms. The molecule has 1 aromatic heterocycles. The molecule has 2 N–H and O–H groups in total. The lowest BCUT2D eigenvalue weighted by atomic mass is 10.1. The maximum atomic E-state index is 6.18. The zero-order valence-corrected chi connectivity index (χ0v) is 10.1. The molecule has 0 amide bonds. The van der Waals surface area contributed by atoms with E-state index >= 15 is 0 Å². The lowest BCUT2D eigenvalue weighted by Gasteiger charge is -2.12. The lowest BCUT2D eigenvalue weighted by Crippen LogP contribution is -2.19. The fourth-order valence-electron chi connectivity index (χ4n) is 1.92. The average Bonchev–Trinajstić information content (AvgIpc) is 2.79. The van der Waals surface area contributed by atoms with Crippen LogP contribution < -0.4 is 5.73 Å². The van der Waals surface area contributed by atoms with Gasteiger partial charge in [-0.25, -0.2) is 0 Å². The van der Waals surface area contributed by atoms with Gasteiger partial charge in [0.05, 0.1) is 6.04 Å². The van der Waals surface area contributed by atoms with E-state index in [9.17, 15) is 0 Å². The van der Waals surface area contributed by atoms with Crippen molar-refractivity contribution >= 4 is 0 Å². The molecule has 0 aliphatic carbocycles. The van der Waals surface area contributed by atoms with Gasteiger partial charge in [0, 0.05) is 6.54 Å². The number of rotatable bonds is 5. The zero-order valence-electron chi connectivity index (χ0n) is 10.1. The van der Waals surface area contributed by atoms with Crippen LogP contribution in [0, 0.1) is 0 Å². The first kappa shape index (κ1) is 11.8. The van der Waals surface area contributed by atoms with E-state index in [-0.39, 0.29) is 6.04 Å². The van der Waals surface area contributed by atoms with E-state index in [1.165, 1.54) is 5.56 Å². The van der Waals surface area contributed by atoms with Crippen LogP contribution in [0.3, 0.4) is 0 Å². The summed E-state index contributed by atoms with van der Waals surface area (Å²) in [6, 6.07) is 10.1. The van der Waals surface area contributed by atoms with Gasteiger partial charge in [-0.15, -0.1) is 10.2 Å². The standard InChI is InChI=1S/C13H18N4/c1-2-8-17-10-15-16-13(17)12(14)9-11-6-4-3-5-7-11/h3-7,10,12H,2,8-9,14H2,1H3. The van der Waals surface area contributed by atoms with Crippen LogP contribution in [-0.2, 0) is 13.0 Å². The van der Waals surface area contributed by atoms with E-state index in [2.05, 4.69) is 29.3 Å². The van der Waals surface area contributed by atoms with Crippen molar-refractivity contribution < 1.29 is 0 Å². The Morgan fingerprint density at radius 2 is 2.06 bits per heavy atom. The maximum Gasteiger partial charge on any atom is 0.150 e. The van der Waals surface area contributed by atoms with Crippen molar-refractivity contribution in [1.29, 1.82) is 0 Å². The van der Waals surface area contributed by atoms with Crippen LogP contribution in [0.2, 0.25) is 0 Å². The third-order valence-corrected chi connectivity index (χ3v) is 2.74. The van der Waals surface area contributed by atoms with E-state index < -0.39 is 0 Å². The largest absolute Gasteiger partial charge is 0.321 e. The second-order valence-corrected chi connectivity index (χ2v) is 4.18. The molecule has 2 aromatic rings. The summed E-state index contributed by atoms with van der Waals surface area (Å²) in [5, 5.41) is 8.06. The molecule has 1 unspecified atom stereocenters. The predicted molar refractivity (Wildman–Crippen MR) is 67.4 cm³/mol. The molecular formula is C13H18N4. The molecular weight excluding hydrogens is 212 g/mol. The molecule has 0 saturated heterocycles. The van der Waals surface area contributed by atoms with Crippen LogP contribution in [0.15, 0.2) is 36.7 Å². The quantitative estimate of drug-likeness (QED) is 0.854. The molecule has 0 fully saturated rings. The lowest BCUT2D eigenvalue weighted by molar-refractivity contribution is 0.574. The zero-order chi connectivity index (χ0) is 12.1. The maximum absolute atomic E-state index is 6.18. The highest BCUT2D eigenvalue weighted by Gasteiger charge is 2.13. The molecule has 0 aliphatic rings. The first-order valence-corrected chi connectivity index (χ1v) is 5.98.